The van der Waals surface area contributed by atoms with Crippen molar-refractivity contribution < 1.29 is 9.59 Å². The zero-order chi connectivity index (χ0) is 12.0. The van der Waals surface area contributed by atoms with Crippen molar-refractivity contribution in [1.82, 2.24) is 5.32 Å². The molecular weight excluding hydrogens is 202 g/mol. The van der Waals surface area contributed by atoms with Crippen molar-refractivity contribution in [2.75, 3.05) is 13.1 Å². The van der Waals surface area contributed by atoms with Crippen molar-refractivity contribution in [2.24, 2.45) is 5.41 Å². The Labute approximate surface area is 96.6 Å². The molecule has 88 valence electrons. The highest BCUT2D eigenvalue weighted by atomic mass is 16.2. The van der Waals surface area contributed by atoms with Crippen LogP contribution in [0.1, 0.15) is 25.7 Å². The van der Waals surface area contributed by atoms with Crippen molar-refractivity contribution in [3.8, 4) is 0 Å². The molecule has 0 aromatic carbocycles. The third kappa shape index (κ3) is 2.47. The maximum absolute atomic E-state index is 11.9. The van der Waals surface area contributed by atoms with Crippen molar-refractivity contribution in [3.05, 3.63) is 25.3 Å². The Bertz CT molecular complexity index is 277. The molecule has 1 aliphatic rings. The van der Waals surface area contributed by atoms with Crippen LogP contribution >= 0.6 is 0 Å². The summed E-state index contributed by atoms with van der Waals surface area (Å²) in [6.45, 7) is 8.72. The summed E-state index contributed by atoms with van der Waals surface area (Å²) < 4.78 is 0. The second kappa shape index (κ2) is 5.75. The molecule has 3 nitrogen and oxygen atoms in total. The van der Waals surface area contributed by atoms with Gasteiger partial charge in [-0.2, -0.15) is 0 Å². The van der Waals surface area contributed by atoms with Crippen molar-refractivity contribution in [3.63, 3.8) is 0 Å². The van der Waals surface area contributed by atoms with Gasteiger partial charge in [-0.15, -0.1) is 0 Å². The van der Waals surface area contributed by atoms with Crippen LogP contribution in [0.25, 0.3) is 0 Å². The minimum atomic E-state index is -0.883. The summed E-state index contributed by atoms with van der Waals surface area (Å²) in [7, 11) is 0. The van der Waals surface area contributed by atoms with Gasteiger partial charge < -0.3 is 5.32 Å². The summed E-state index contributed by atoms with van der Waals surface area (Å²) in [4.78, 5) is 23.9. The summed E-state index contributed by atoms with van der Waals surface area (Å²) >= 11 is 0. The molecular formula is C13H19NO2. The Morgan fingerprint density at radius 2 is 1.44 bits per heavy atom. The Hall–Kier alpha value is -1.22. The molecule has 0 atom stereocenters. The second-order valence-electron chi connectivity index (χ2n) is 4.18. The van der Waals surface area contributed by atoms with Crippen LogP contribution in [0.15, 0.2) is 25.3 Å². The quantitative estimate of drug-likeness (QED) is 0.580. The van der Waals surface area contributed by atoms with E-state index in [0.717, 1.165) is 25.9 Å². The molecule has 16 heavy (non-hydrogen) atoms. The Kier molecular flexibility index (Phi) is 4.62. The van der Waals surface area contributed by atoms with E-state index in [0.29, 0.717) is 12.8 Å². The van der Waals surface area contributed by atoms with Crippen LogP contribution in [-0.2, 0) is 9.59 Å². The summed E-state index contributed by atoms with van der Waals surface area (Å²) in [5, 5.41) is 3.26. The number of carbonyl (C=O) groups excluding carboxylic acids is 2. The number of nitrogens with one attached hydrogen (secondary N) is 1. The fraction of sp³-hybridized carbons (Fsp3) is 0.538. The number of ketones is 2. The normalized spacial score (nSPS) is 20.2. The molecule has 0 saturated carbocycles. The first-order chi connectivity index (χ1) is 7.67. The molecule has 1 saturated heterocycles. The van der Waals surface area contributed by atoms with E-state index in [2.05, 4.69) is 18.5 Å². The van der Waals surface area contributed by atoms with E-state index < -0.39 is 5.41 Å². The van der Waals surface area contributed by atoms with Crippen molar-refractivity contribution in [1.29, 1.82) is 0 Å². The molecule has 1 aliphatic heterocycles. The first-order valence-electron chi connectivity index (χ1n) is 5.72. The van der Waals surface area contributed by atoms with Crippen LogP contribution in [0.2, 0.25) is 0 Å². The van der Waals surface area contributed by atoms with Gasteiger partial charge in [0.15, 0.2) is 11.6 Å². The Morgan fingerprint density at radius 3 is 1.81 bits per heavy atom. The van der Waals surface area contributed by atoms with Gasteiger partial charge in [0.2, 0.25) is 0 Å². The molecule has 0 radical (unpaired) electrons. The van der Waals surface area contributed by atoms with Crippen LogP contribution in [0.5, 0.6) is 0 Å². The molecule has 0 aromatic rings. The van der Waals surface area contributed by atoms with E-state index in [1.165, 1.54) is 12.2 Å². The first kappa shape index (κ1) is 12.8. The molecule has 3 heteroatoms. The second-order valence-corrected chi connectivity index (χ2v) is 4.18. The predicted molar refractivity (Wildman–Crippen MR) is 64.2 cm³/mol. The van der Waals surface area contributed by atoms with E-state index in [1.807, 2.05) is 0 Å². The lowest BCUT2D eigenvalue weighted by molar-refractivity contribution is -0.136. The summed E-state index contributed by atoms with van der Waals surface area (Å²) in [5.74, 6) is -0.307. The molecule has 1 rings (SSSR count). The average molecular weight is 221 g/mol. The smallest absolute Gasteiger partial charge is 0.168 e. The third-order valence-corrected chi connectivity index (χ3v) is 3.23. The Balaban J connectivity index is 2.98. The minimum Gasteiger partial charge on any atom is -0.317 e. The van der Waals surface area contributed by atoms with Crippen molar-refractivity contribution >= 4 is 11.6 Å². The zero-order valence-corrected chi connectivity index (χ0v) is 9.63. The molecule has 0 aliphatic carbocycles. The monoisotopic (exact) mass is 221 g/mol. The van der Waals surface area contributed by atoms with E-state index in [-0.39, 0.29) is 11.6 Å². The molecule has 1 heterocycles. The molecule has 0 amide bonds. The minimum absolute atomic E-state index is 0.153. The van der Waals surface area contributed by atoms with Crippen LogP contribution in [-0.4, -0.2) is 24.7 Å². The first-order valence-corrected chi connectivity index (χ1v) is 5.72. The van der Waals surface area contributed by atoms with Gasteiger partial charge in [0.25, 0.3) is 0 Å². The van der Waals surface area contributed by atoms with Crippen LogP contribution in [0, 0.1) is 5.41 Å². The highest BCUT2D eigenvalue weighted by Crippen LogP contribution is 2.33. The lowest BCUT2D eigenvalue weighted by atomic mass is 9.71. The Morgan fingerprint density at radius 1 is 1.00 bits per heavy atom. The average Bonchev–Trinajstić information content (AvgIpc) is 2.27. The predicted octanol–water partition coefficient (Wildman–Crippen LogP) is 1.65. The molecule has 0 bridgehead atoms. The van der Waals surface area contributed by atoms with Gasteiger partial charge in [0.05, 0.1) is 5.41 Å². The number of hydrogen-bond acceptors (Lipinski definition) is 3. The number of hydrogen-bond donors (Lipinski definition) is 1. The van der Waals surface area contributed by atoms with Gasteiger partial charge in [-0.05, 0) is 50.9 Å². The molecule has 1 N–H and O–H groups in total. The maximum atomic E-state index is 11.9. The van der Waals surface area contributed by atoms with E-state index >= 15 is 0 Å². The van der Waals surface area contributed by atoms with Crippen LogP contribution in [0.3, 0.4) is 0 Å². The van der Waals surface area contributed by atoms with Gasteiger partial charge in [0, 0.05) is 0 Å². The molecule has 0 spiro atoms. The molecule has 1 fully saturated rings. The molecule has 0 aromatic heterocycles. The standard InChI is InChI=1S/C13H19NO2/c1-3-11(15)13(12(16)4-2)7-5-9-14-10-6-8-13/h3-4,14H,1-2,5-10H2. The van der Waals surface area contributed by atoms with Gasteiger partial charge in [-0.1, -0.05) is 13.2 Å². The number of carbonyl (C=O) groups is 2. The summed E-state index contributed by atoms with van der Waals surface area (Å²) in [6.07, 6.45) is 5.40. The van der Waals surface area contributed by atoms with Gasteiger partial charge in [0.1, 0.15) is 0 Å². The van der Waals surface area contributed by atoms with Gasteiger partial charge in [-0.25, -0.2) is 0 Å². The number of allylic oxidation sites excluding steroid dienone is 2. The summed E-state index contributed by atoms with van der Waals surface area (Å²) in [5.41, 5.74) is -0.883. The summed E-state index contributed by atoms with van der Waals surface area (Å²) in [6, 6.07) is 0. The maximum Gasteiger partial charge on any atom is 0.168 e. The van der Waals surface area contributed by atoms with E-state index in [4.69, 9.17) is 0 Å². The largest absolute Gasteiger partial charge is 0.317 e. The SMILES string of the molecule is C=CC(=O)C1(C(=O)C=C)CCCNCCC1. The fourth-order valence-corrected chi connectivity index (χ4v) is 2.29. The fourth-order valence-electron chi connectivity index (χ4n) is 2.29. The van der Waals surface area contributed by atoms with E-state index in [9.17, 15) is 9.59 Å². The van der Waals surface area contributed by atoms with Crippen LogP contribution < -0.4 is 5.32 Å². The van der Waals surface area contributed by atoms with E-state index in [1.54, 1.807) is 0 Å². The number of rotatable bonds is 4. The van der Waals surface area contributed by atoms with Crippen molar-refractivity contribution in [2.45, 2.75) is 25.7 Å². The lowest BCUT2D eigenvalue weighted by Gasteiger charge is -2.30. The van der Waals surface area contributed by atoms with Gasteiger partial charge >= 0.3 is 0 Å². The highest BCUT2D eigenvalue weighted by molar-refractivity contribution is 6.15. The van der Waals surface area contributed by atoms with Crippen LogP contribution in [0.4, 0.5) is 0 Å². The molecule has 0 unspecified atom stereocenters. The highest BCUT2D eigenvalue weighted by Gasteiger charge is 2.41. The third-order valence-electron chi connectivity index (χ3n) is 3.23. The van der Waals surface area contributed by atoms with Gasteiger partial charge in [-0.3, -0.25) is 9.59 Å². The zero-order valence-electron chi connectivity index (χ0n) is 9.63. The topological polar surface area (TPSA) is 46.2 Å². The lowest BCUT2D eigenvalue weighted by Crippen LogP contribution is -2.40.